The van der Waals surface area contributed by atoms with Crippen LogP contribution in [0.4, 0.5) is 0 Å². The lowest BCUT2D eigenvalue weighted by atomic mass is 10.0. The van der Waals surface area contributed by atoms with Crippen molar-refractivity contribution in [1.29, 1.82) is 0 Å². The Balaban J connectivity index is 2.56. The van der Waals surface area contributed by atoms with Crippen molar-refractivity contribution in [3.63, 3.8) is 0 Å². The predicted octanol–water partition coefficient (Wildman–Crippen LogP) is 0.841. The van der Waals surface area contributed by atoms with Gasteiger partial charge in [-0.25, -0.2) is 0 Å². The van der Waals surface area contributed by atoms with E-state index in [-0.39, 0.29) is 12.3 Å². The minimum absolute atomic E-state index is 0.224. The molecule has 3 heteroatoms. The zero-order valence-electron chi connectivity index (χ0n) is 6.28. The fraction of sp³-hybridized carbons (Fsp3) is 0.111. The maximum Gasteiger partial charge on any atom is 0.336 e. The van der Waals surface area contributed by atoms with Gasteiger partial charge in [0, 0.05) is 11.1 Å². The summed E-state index contributed by atoms with van der Waals surface area (Å²) in [5.41, 5.74) is 1.36. The van der Waals surface area contributed by atoms with Crippen molar-refractivity contribution in [2.75, 3.05) is 0 Å². The second kappa shape index (κ2) is 2.44. The van der Waals surface area contributed by atoms with Crippen LogP contribution < -0.4 is 0 Å². The summed E-state index contributed by atoms with van der Waals surface area (Å²) in [6, 6.07) is 7.07. The smallest absolute Gasteiger partial charge is 0.336 e. The Kier molecular flexibility index (Phi) is 1.43. The molecule has 0 spiro atoms. The molecule has 0 N–H and O–H groups in total. The van der Waals surface area contributed by atoms with Gasteiger partial charge in [-0.05, 0) is 0 Å². The minimum Gasteiger partial charge on any atom is -0.623 e. The van der Waals surface area contributed by atoms with E-state index in [4.69, 9.17) is 0 Å². The second-order valence-corrected chi connectivity index (χ2v) is 2.63. The molecule has 1 aliphatic heterocycles. The molecule has 2 rings (SSSR count). The van der Waals surface area contributed by atoms with Crippen LogP contribution in [-0.2, 0) is 6.54 Å². The average molecular weight is 160 g/mol. The van der Waals surface area contributed by atoms with Crippen LogP contribution in [0.15, 0.2) is 24.3 Å². The van der Waals surface area contributed by atoms with E-state index in [1.807, 2.05) is 6.07 Å². The van der Waals surface area contributed by atoms with Crippen LogP contribution in [0.1, 0.15) is 15.9 Å². The van der Waals surface area contributed by atoms with Gasteiger partial charge >= 0.3 is 6.21 Å². The average Bonchev–Trinajstić information content (AvgIpc) is 2.04. The Labute approximate surface area is 69.5 Å². The van der Waals surface area contributed by atoms with Crippen molar-refractivity contribution < 1.29 is 9.53 Å². The van der Waals surface area contributed by atoms with Gasteiger partial charge in [0.05, 0.1) is 0 Å². The highest BCUT2D eigenvalue weighted by atomic mass is 16.5. The molecule has 1 aromatic carbocycles. The van der Waals surface area contributed by atoms with E-state index in [0.717, 1.165) is 5.56 Å². The van der Waals surface area contributed by atoms with E-state index >= 15 is 0 Å². The Morgan fingerprint density at radius 3 is 3.00 bits per heavy atom. The maximum absolute atomic E-state index is 11.1. The van der Waals surface area contributed by atoms with Crippen LogP contribution in [0, 0.1) is 5.21 Å². The summed E-state index contributed by atoms with van der Waals surface area (Å²) < 4.78 is 0.532. The molecule has 0 atom stereocenters. The van der Waals surface area contributed by atoms with Crippen molar-refractivity contribution in [3.05, 3.63) is 40.6 Å². The van der Waals surface area contributed by atoms with Gasteiger partial charge in [0.1, 0.15) is 0 Å². The first-order chi connectivity index (χ1) is 5.77. The first-order valence-electron chi connectivity index (χ1n) is 3.61. The number of carbonyl (C=O) groups excluding carboxylic acids is 1. The van der Waals surface area contributed by atoms with E-state index in [1.54, 1.807) is 18.2 Å². The summed E-state index contributed by atoms with van der Waals surface area (Å²) in [5.74, 6) is -0.327. The van der Waals surface area contributed by atoms with Crippen molar-refractivity contribution >= 4 is 12.0 Å². The quantitative estimate of drug-likeness (QED) is 0.417. The lowest BCUT2D eigenvalue weighted by Gasteiger charge is -2.10. The van der Waals surface area contributed by atoms with Crippen LogP contribution in [0.2, 0.25) is 0 Å². The number of nitrogens with zero attached hydrogens (tertiary/aromatic N) is 1. The first kappa shape index (κ1) is 7.03. The van der Waals surface area contributed by atoms with Gasteiger partial charge in [-0.1, -0.05) is 24.3 Å². The molecule has 0 aliphatic carbocycles. The van der Waals surface area contributed by atoms with E-state index in [9.17, 15) is 10.0 Å². The minimum atomic E-state index is -0.327. The van der Waals surface area contributed by atoms with Gasteiger partial charge in [-0.2, -0.15) is 4.74 Å². The molecular formula is C9H6NO2. The van der Waals surface area contributed by atoms with Crippen LogP contribution in [0.3, 0.4) is 0 Å². The number of hydroxylamine groups is 1. The Morgan fingerprint density at radius 2 is 2.17 bits per heavy atom. The Bertz CT molecular complexity index is 369. The normalized spacial score (nSPS) is 15.3. The second-order valence-electron chi connectivity index (χ2n) is 2.63. The third kappa shape index (κ3) is 0.993. The molecular weight excluding hydrogens is 154 g/mol. The van der Waals surface area contributed by atoms with Crippen LogP contribution in [0.5, 0.6) is 0 Å². The number of hydrogen-bond acceptors (Lipinski definition) is 2. The third-order valence-electron chi connectivity index (χ3n) is 1.80. The van der Waals surface area contributed by atoms with Gasteiger partial charge in [-0.3, -0.25) is 4.79 Å². The molecule has 12 heavy (non-hydrogen) atoms. The fourth-order valence-electron chi connectivity index (χ4n) is 1.25. The molecule has 1 aliphatic rings. The number of rotatable bonds is 0. The number of carbonyl (C=O) groups is 1. The molecule has 0 amide bonds. The van der Waals surface area contributed by atoms with Crippen LogP contribution in [0.25, 0.3) is 0 Å². The summed E-state index contributed by atoms with van der Waals surface area (Å²) in [7, 11) is 0. The van der Waals surface area contributed by atoms with Gasteiger partial charge in [0.2, 0.25) is 0 Å². The van der Waals surface area contributed by atoms with Gasteiger partial charge in [-0.15, -0.1) is 0 Å². The van der Waals surface area contributed by atoms with Crippen molar-refractivity contribution in [1.82, 2.24) is 0 Å². The van der Waals surface area contributed by atoms with E-state index < -0.39 is 0 Å². The van der Waals surface area contributed by atoms with Gasteiger partial charge in [0.15, 0.2) is 6.54 Å². The molecule has 1 radical (unpaired) electrons. The Hall–Kier alpha value is -1.64. The van der Waals surface area contributed by atoms with E-state index in [0.29, 0.717) is 10.3 Å². The van der Waals surface area contributed by atoms with Crippen molar-refractivity contribution in [2.24, 2.45) is 0 Å². The standard InChI is InChI=1S/C9H6NO2/c11-9-6-10(12)5-7-3-1-2-4-8(7)9/h1-4H,5H2. The first-order valence-corrected chi connectivity index (χ1v) is 3.61. The maximum atomic E-state index is 11.1. The zero-order chi connectivity index (χ0) is 8.55. The van der Waals surface area contributed by atoms with Crippen molar-refractivity contribution in [2.45, 2.75) is 6.54 Å². The molecule has 59 valence electrons. The Morgan fingerprint density at radius 1 is 1.42 bits per heavy atom. The van der Waals surface area contributed by atoms with E-state index in [1.165, 1.54) is 0 Å². The largest absolute Gasteiger partial charge is 0.623 e. The molecule has 0 saturated heterocycles. The summed E-state index contributed by atoms with van der Waals surface area (Å²) in [6.07, 6.45) is 2.17. The summed E-state index contributed by atoms with van der Waals surface area (Å²) in [5, 5.41) is 10.8. The molecule has 3 nitrogen and oxygen atoms in total. The van der Waals surface area contributed by atoms with Gasteiger partial charge in [0.25, 0.3) is 5.78 Å². The molecule has 0 aromatic heterocycles. The monoisotopic (exact) mass is 160 g/mol. The molecule has 0 bridgehead atoms. The molecule has 0 unspecified atom stereocenters. The highest BCUT2D eigenvalue weighted by Gasteiger charge is 2.20. The summed E-state index contributed by atoms with van der Waals surface area (Å²) in [4.78, 5) is 11.1. The number of ketones is 1. The van der Waals surface area contributed by atoms with Crippen LogP contribution >= 0.6 is 0 Å². The van der Waals surface area contributed by atoms with Gasteiger partial charge < -0.3 is 5.21 Å². The third-order valence-corrected chi connectivity index (χ3v) is 1.80. The lowest BCUT2D eigenvalue weighted by Crippen LogP contribution is -2.20. The fourth-order valence-corrected chi connectivity index (χ4v) is 1.25. The molecule has 1 aromatic rings. The highest BCUT2D eigenvalue weighted by molar-refractivity contribution is 6.34. The molecule has 0 fully saturated rings. The summed E-state index contributed by atoms with van der Waals surface area (Å²) >= 11 is 0. The molecule has 1 heterocycles. The number of Topliss-reactive ketones (excluding diaryl/α,β-unsaturated/α-hetero) is 1. The number of benzene rings is 1. The van der Waals surface area contributed by atoms with Crippen LogP contribution in [-0.4, -0.2) is 16.7 Å². The zero-order valence-corrected chi connectivity index (χ0v) is 6.28. The summed E-state index contributed by atoms with van der Waals surface area (Å²) in [6.45, 7) is 0.224. The SMILES string of the molecule is O=C1[C]=[N+]([O-])Cc2ccccc21. The van der Waals surface area contributed by atoms with E-state index in [2.05, 4.69) is 6.21 Å². The molecule has 0 saturated carbocycles. The highest BCUT2D eigenvalue weighted by Crippen LogP contribution is 2.12. The van der Waals surface area contributed by atoms with Crippen molar-refractivity contribution in [3.8, 4) is 0 Å². The predicted molar refractivity (Wildman–Crippen MR) is 43.1 cm³/mol. The number of hydrogen-bond donors (Lipinski definition) is 0. The topological polar surface area (TPSA) is 43.1 Å². The lowest BCUT2D eigenvalue weighted by molar-refractivity contribution is -0.469. The number of fused-ring (bicyclic) bond motifs is 1.